The molecule has 3 heterocycles. The van der Waals surface area contributed by atoms with Gasteiger partial charge >= 0.3 is 0 Å². The van der Waals surface area contributed by atoms with Crippen molar-refractivity contribution < 1.29 is 0 Å². The quantitative estimate of drug-likeness (QED) is 0.0880. The average molecular weight is 810 g/mol. The Labute approximate surface area is 367 Å². The van der Waals surface area contributed by atoms with Crippen LogP contribution in [0.3, 0.4) is 0 Å². The van der Waals surface area contributed by atoms with E-state index in [0.29, 0.717) is 18.7 Å². The van der Waals surface area contributed by atoms with E-state index >= 15 is 0 Å². The van der Waals surface area contributed by atoms with E-state index < -0.39 is 0 Å². The number of nitrogens with zero attached hydrogens (tertiary/aromatic N) is 4. The van der Waals surface area contributed by atoms with Crippen LogP contribution in [-0.4, -0.2) is 14.8 Å². The second-order valence-corrected chi connectivity index (χ2v) is 14.9. The lowest BCUT2D eigenvalue weighted by atomic mass is 10.0. The number of fused-ring (bicyclic) bond motifs is 6. The number of rotatable bonds is 14. The van der Waals surface area contributed by atoms with Crippen LogP contribution in [0.4, 0.5) is 5.69 Å². The zero-order valence-electron chi connectivity index (χ0n) is 36.0. The number of anilines is 1. The molecule has 308 valence electrons. The second kappa shape index (κ2) is 20.6. The first-order valence-electron chi connectivity index (χ1n) is 21.3. The Morgan fingerprint density at radius 3 is 2.29 bits per heavy atom. The molecule has 1 aliphatic heterocycles. The standard InChI is InChI=1S/C57H55N5/c1-6-10-12-23-38-61-55-40-47-30-19-21-34-53(47)60(43(5)36-37-50(55)57-56(61)49-33-20-22-35-54(49)62(57)48(9-4)32-11-7-2)39-24-31-46(25-8-3)52(59-42-44-26-15-13-16-27-44)41-51(58)45-28-17-14-18-29-45/h6,8-39,41H,1,5,7,40,42,58H2,2-4H3/b12-10-,25-8-,32-11-,37-36-,38-23-,39-24+,46-31+,48-9+,51-41-,59-52?. The van der Waals surface area contributed by atoms with Crippen molar-refractivity contribution in [3.05, 3.63) is 247 Å². The molecule has 0 saturated carbocycles. The molecule has 2 aromatic heterocycles. The summed E-state index contributed by atoms with van der Waals surface area (Å²) in [5, 5.41) is 1.19. The van der Waals surface area contributed by atoms with E-state index in [9.17, 15) is 0 Å². The SMILES string of the molecule is C=C/C=C\C=C/n1c2c(c3c1c1ccccc1n3C(/C=C\CC)=C/C)/C=C\C(=C)N(/C=C/C=C(\C=C/C)C(/C=C(\N)c1ccccc1)=NCc1ccccc1)c1ccccc1C2. The van der Waals surface area contributed by atoms with Gasteiger partial charge < -0.3 is 19.8 Å². The maximum atomic E-state index is 6.72. The van der Waals surface area contributed by atoms with E-state index in [1.165, 1.54) is 16.6 Å². The van der Waals surface area contributed by atoms with Crippen LogP contribution in [0.5, 0.6) is 0 Å². The van der Waals surface area contributed by atoms with Gasteiger partial charge in [0.1, 0.15) is 0 Å². The summed E-state index contributed by atoms with van der Waals surface area (Å²) in [5.41, 5.74) is 21.2. The minimum absolute atomic E-state index is 0.522. The molecule has 1 aliphatic rings. The molecule has 0 unspecified atom stereocenters. The highest BCUT2D eigenvalue weighted by molar-refractivity contribution is 6.14. The van der Waals surface area contributed by atoms with E-state index in [2.05, 4.69) is 169 Å². The predicted octanol–water partition coefficient (Wildman–Crippen LogP) is 14.2. The summed E-state index contributed by atoms with van der Waals surface area (Å²) in [5.74, 6) is 0. The molecule has 0 spiro atoms. The molecule has 4 aromatic carbocycles. The third kappa shape index (κ3) is 9.38. The third-order valence-electron chi connectivity index (χ3n) is 10.8. The van der Waals surface area contributed by atoms with Crippen molar-refractivity contribution in [1.82, 2.24) is 9.13 Å². The van der Waals surface area contributed by atoms with Crippen LogP contribution in [0.15, 0.2) is 224 Å². The number of aromatic nitrogens is 2. The first-order valence-corrected chi connectivity index (χ1v) is 21.3. The Morgan fingerprint density at radius 1 is 0.790 bits per heavy atom. The van der Waals surface area contributed by atoms with Gasteiger partial charge in [-0.05, 0) is 91.1 Å². The number of aliphatic imine (C=N–C) groups is 1. The zero-order chi connectivity index (χ0) is 43.3. The number of para-hydroxylation sites is 2. The number of hydrogen-bond donors (Lipinski definition) is 1. The first kappa shape index (κ1) is 42.5. The average Bonchev–Trinajstić information content (AvgIpc) is 3.80. The summed E-state index contributed by atoms with van der Waals surface area (Å²) in [6.45, 7) is 15.4. The van der Waals surface area contributed by atoms with Crippen molar-refractivity contribution in [2.75, 3.05) is 4.90 Å². The summed E-state index contributed by atoms with van der Waals surface area (Å²) in [6.07, 6.45) is 35.1. The Hall–Kier alpha value is -7.63. The number of benzene rings is 4. The number of nitrogens with two attached hydrogens (primary N) is 1. The van der Waals surface area contributed by atoms with Gasteiger partial charge in [-0.1, -0.05) is 166 Å². The smallest absolute Gasteiger partial charge is 0.0800 e. The van der Waals surface area contributed by atoms with Gasteiger partial charge in [-0.15, -0.1) is 0 Å². The van der Waals surface area contributed by atoms with Crippen LogP contribution < -0.4 is 10.6 Å². The van der Waals surface area contributed by atoms with Crippen LogP contribution in [0.2, 0.25) is 0 Å². The Balaban J connectivity index is 1.37. The monoisotopic (exact) mass is 809 g/mol. The molecule has 6 aromatic rings. The summed E-state index contributed by atoms with van der Waals surface area (Å²) in [4.78, 5) is 7.29. The summed E-state index contributed by atoms with van der Waals surface area (Å²) >= 11 is 0. The molecule has 0 bridgehead atoms. The molecule has 2 N–H and O–H groups in total. The van der Waals surface area contributed by atoms with Crippen molar-refractivity contribution in [2.45, 2.75) is 40.2 Å². The minimum atomic E-state index is 0.522. The second-order valence-electron chi connectivity index (χ2n) is 14.9. The maximum Gasteiger partial charge on any atom is 0.0800 e. The van der Waals surface area contributed by atoms with Gasteiger partial charge in [0.05, 0.1) is 28.8 Å². The van der Waals surface area contributed by atoms with Gasteiger partial charge in [-0.25, -0.2) is 0 Å². The van der Waals surface area contributed by atoms with Crippen molar-refractivity contribution in [3.8, 4) is 0 Å². The molecule has 62 heavy (non-hydrogen) atoms. The lowest BCUT2D eigenvalue weighted by Crippen LogP contribution is -2.15. The lowest BCUT2D eigenvalue weighted by molar-refractivity contribution is 1.02. The summed E-state index contributed by atoms with van der Waals surface area (Å²) in [6, 6.07) is 37.6. The topological polar surface area (TPSA) is 51.5 Å². The normalized spacial score (nSPS) is 15.1. The Morgan fingerprint density at radius 2 is 1.53 bits per heavy atom. The molecule has 0 atom stereocenters. The van der Waals surface area contributed by atoms with Crippen molar-refractivity contribution in [1.29, 1.82) is 0 Å². The highest BCUT2D eigenvalue weighted by atomic mass is 15.1. The molecule has 7 rings (SSSR count). The number of hydrogen-bond acceptors (Lipinski definition) is 3. The van der Waals surface area contributed by atoms with Gasteiger partial charge in [-0.3, -0.25) is 4.99 Å². The molecular formula is C57H55N5. The van der Waals surface area contributed by atoms with Crippen LogP contribution in [-0.2, 0) is 13.0 Å². The fourth-order valence-corrected chi connectivity index (χ4v) is 7.87. The summed E-state index contributed by atoms with van der Waals surface area (Å²) in [7, 11) is 0. The van der Waals surface area contributed by atoms with Gasteiger partial charge in [0, 0.05) is 58.2 Å². The third-order valence-corrected chi connectivity index (χ3v) is 10.8. The highest BCUT2D eigenvalue weighted by Gasteiger charge is 2.25. The molecule has 0 saturated heterocycles. The molecule has 0 amide bonds. The molecular weight excluding hydrogens is 755 g/mol. The Kier molecular flexibility index (Phi) is 14.1. The van der Waals surface area contributed by atoms with Gasteiger partial charge in [-0.2, -0.15) is 0 Å². The first-order chi connectivity index (χ1) is 30.5. The van der Waals surface area contributed by atoms with Crippen molar-refractivity contribution >= 4 is 57.0 Å². The zero-order valence-corrected chi connectivity index (χ0v) is 36.0. The molecule has 0 radical (unpaired) electrons. The van der Waals surface area contributed by atoms with Crippen LogP contribution in [0, 0.1) is 0 Å². The molecule has 5 nitrogen and oxygen atoms in total. The van der Waals surface area contributed by atoms with E-state index in [0.717, 1.165) is 68.0 Å². The van der Waals surface area contributed by atoms with E-state index in [4.69, 9.17) is 10.7 Å². The number of allylic oxidation sites excluding steroid dienone is 15. The van der Waals surface area contributed by atoms with E-state index in [1.54, 1.807) is 6.08 Å². The highest BCUT2D eigenvalue weighted by Crippen LogP contribution is 2.41. The van der Waals surface area contributed by atoms with Crippen LogP contribution in [0.1, 0.15) is 55.1 Å². The maximum absolute atomic E-state index is 6.72. The van der Waals surface area contributed by atoms with Gasteiger partial charge in [0.15, 0.2) is 0 Å². The minimum Gasteiger partial charge on any atom is -0.398 e. The predicted molar refractivity (Wildman–Crippen MR) is 270 cm³/mol. The largest absolute Gasteiger partial charge is 0.398 e. The van der Waals surface area contributed by atoms with Gasteiger partial charge in [0.2, 0.25) is 0 Å². The molecule has 0 aliphatic carbocycles. The van der Waals surface area contributed by atoms with Crippen LogP contribution >= 0.6 is 0 Å². The molecule has 0 fully saturated rings. The van der Waals surface area contributed by atoms with Crippen LogP contribution in [0.25, 0.3) is 45.6 Å². The van der Waals surface area contributed by atoms with E-state index in [1.807, 2.05) is 79.8 Å². The van der Waals surface area contributed by atoms with Gasteiger partial charge in [0.25, 0.3) is 0 Å². The lowest BCUT2D eigenvalue weighted by Gasteiger charge is -2.23. The fraction of sp³-hybridized carbons (Fsp3) is 0.105. The summed E-state index contributed by atoms with van der Waals surface area (Å²) < 4.78 is 4.79. The van der Waals surface area contributed by atoms with Crippen molar-refractivity contribution in [3.63, 3.8) is 0 Å². The Bertz CT molecular complexity index is 2880. The van der Waals surface area contributed by atoms with E-state index in [-0.39, 0.29) is 0 Å². The molecule has 5 heteroatoms. The van der Waals surface area contributed by atoms with Crippen molar-refractivity contribution in [2.24, 2.45) is 10.7 Å². The fourth-order valence-electron chi connectivity index (χ4n) is 7.87.